The highest BCUT2D eigenvalue weighted by atomic mass is 19.4. The molecular formula is C28H32F3N5O3. The first-order valence-electron chi connectivity index (χ1n) is 13.3. The Morgan fingerprint density at radius 3 is 2.49 bits per heavy atom. The van der Waals surface area contributed by atoms with E-state index >= 15 is 0 Å². The molecule has 5 rings (SSSR count). The Morgan fingerprint density at radius 2 is 1.85 bits per heavy atom. The first-order chi connectivity index (χ1) is 18.6. The number of aryl methyl sites for hydroxylation is 1. The van der Waals surface area contributed by atoms with Gasteiger partial charge in [-0.15, -0.1) is 0 Å². The molecule has 3 heterocycles. The molecule has 0 unspecified atom stereocenters. The summed E-state index contributed by atoms with van der Waals surface area (Å²) in [5.41, 5.74) is 1.13. The van der Waals surface area contributed by atoms with E-state index in [4.69, 9.17) is 0 Å². The van der Waals surface area contributed by atoms with Crippen molar-refractivity contribution in [3.05, 3.63) is 64.3 Å². The van der Waals surface area contributed by atoms with E-state index in [9.17, 15) is 27.9 Å². The van der Waals surface area contributed by atoms with Crippen LogP contribution in [-0.2, 0) is 18.4 Å². The average molecular weight is 544 g/mol. The molecule has 11 heteroatoms. The predicted octanol–water partition coefficient (Wildman–Crippen LogP) is 4.18. The highest BCUT2D eigenvalue weighted by Gasteiger charge is 2.43. The Balaban J connectivity index is 1.27. The van der Waals surface area contributed by atoms with E-state index in [0.717, 1.165) is 37.0 Å². The van der Waals surface area contributed by atoms with E-state index in [1.165, 1.54) is 40.1 Å². The fourth-order valence-corrected chi connectivity index (χ4v) is 5.68. The maximum Gasteiger partial charge on any atom is 0.396 e. The summed E-state index contributed by atoms with van der Waals surface area (Å²) in [5, 5.41) is 15.7. The van der Waals surface area contributed by atoms with Gasteiger partial charge in [-0.05, 0) is 49.7 Å². The largest absolute Gasteiger partial charge is 0.396 e. The second kappa shape index (κ2) is 10.6. The van der Waals surface area contributed by atoms with E-state index in [-0.39, 0.29) is 49.1 Å². The van der Waals surface area contributed by atoms with Gasteiger partial charge in [0.2, 0.25) is 5.91 Å². The number of hydrogen-bond donors (Lipinski definition) is 1. The van der Waals surface area contributed by atoms with Crippen molar-refractivity contribution in [3.63, 3.8) is 0 Å². The fraction of sp³-hybridized carbons (Fsp3) is 0.500. The lowest BCUT2D eigenvalue weighted by Gasteiger charge is -2.39. The van der Waals surface area contributed by atoms with Crippen LogP contribution in [0.2, 0.25) is 0 Å². The fourth-order valence-electron chi connectivity index (χ4n) is 5.68. The molecular weight excluding hydrogens is 511 g/mol. The molecule has 1 N–H and O–H groups in total. The van der Waals surface area contributed by atoms with E-state index in [2.05, 4.69) is 16.2 Å². The first kappa shape index (κ1) is 27.1. The summed E-state index contributed by atoms with van der Waals surface area (Å²) in [4.78, 5) is 32.0. The Labute approximate surface area is 223 Å². The van der Waals surface area contributed by atoms with Gasteiger partial charge in [0.05, 0.1) is 30.1 Å². The van der Waals surface area contributed by atoms with Crippen LogP contribution >= 0.6 is 0 Å². The van der Waals surface area contributed by atoms with Crippen molar-refractivity contribution >= 4 is 22.5 Å². The minimum Gasteiger partial charge on any atom is -0.388 e. The molecule has 0 radical (unpaired) electrons. The number of piperidine rings is 1. The molecule has 2 aromatic heterocycles. The molecule has 1 aromatic carbocycles. The molecule has 2 aliphatic rings. The van der Waals surface area contributed by atoms with Crippen molar-refractivity contribution in [2.45, 2.75) is 69.2 Å². The number of amides is 1. The lowest BCUT2D eigenvalue weighted by molar-refractivity contribution is -0.162. The minimum absolute atomic E-state index is 0.0411. The van der Waals surface area contributed by atoms with E-state index in [0.29, 0.717) is 5.52 Å². The van der Waals surface area contributed by atoms with Gasteiger partial charge in [0, 0.05) is 26.6 Å². The van der Waals surface area contributed by atoms with E-state index in [1.54, 1.807) is 17.8 Å². The highest BCUT2D eigenvalue weighted by molar-refractivity contribution is 5.87. The van der Waals surface area contributed by atoms with Crippen LogP contribution in [-0.4, -0.2) is 60.1 Å². The topological polar surface area (TPSA) is 93.2 Å². The van der Waals surface area contributed by atoms with Crippen LogP contribution in [0.4, 0.5) is 13.2 Å². The lowest BCUT2D eigenvalue weighted by Crippen LogP contribution is -2.50. The van der Waals surface area contributed by atoms with Crippen LogP contribution in [0.1, 0.15) is 62.1 Å². The number of aliphatic hydroxyl groups is 1. The lowest BCUT2D eigenvalue weighted by atomic mass is 9.89. The zero-order chi connectivity index (χ0) is 27.8. The van der Waals surface area contributed by atoms with Crippen molar-refractivity contribution in [1.29, 1.82) is 0 Å². The predicted molar refractivity (Wildman–Crippen MR) is 140 cm³/mol. The van der Waals surface area contributed by atoms with Gasteiger partial charge in [0.25, 0.3) is 5.56 Å². The van der Waals surface area contributed by atoms with Gasteiger partial charge in [0.15, 0.2) is 5.52 Å². The van der Waals surface area contributed by atoms with Crippen LogP contribution in [0.15, 0.2) is 47.5 Å². The van der Waals surface area contributed by atoms with Crippen LogP contribution in [0, 0.1) is 0 Å². The number of nitrogens with zero attached hydrogens (tertiary/aromatic N) is 5. The number of likely N-dealkylation sites (tertiary alicyclic amines) is 1. The normalized spacial score (nSPS) is 18.7. The maximum absolute atomic E-state index is 13.7. The van der Waals surface area contributed by atoms with Crippen molar-refractivity contribution < 1.29 is 23.1 Å². The quantitative estimate of drug-likeness (QED) is 0.504. The standard InChI is InChI=1S/C28H32F3N5O3/c1-34-25(20-10-6-3-7-11-20)23-24(33-34)26(38)36(18-32-23)17-27(39)12-14-35(15-13-27)22(37)16-21(28(29,30)31)19-8-4-2-5-9-19/h2,4-5,8-10,18,21,39H,3,6-7,11-17H2,1H3/t21-/m1/s1. The summed E-state index contributed by atoms with van der Waals surface area (Å²) in [6, 6.07) is 7.42. The van der Waals surface area contributed by atoms with Gasteiger partial charge in [-0.25, -0.2) is 4.98 Å². The zero-order valence-electron chi connectivity index (χ0n) is 21.8. The number of carbonyl (C=O) groups is 1. The zero-order valence-corrected chi connectivity index (χ0v) is 21.8. The van der Waals surface area contributed by atoms with E-state index < -0.39 is 30.0 Å². The second-order valence-electron chi connectivity index (χ2n) is 10.6. The molecule has 1 saturated heterocycles. The molecule has 8 nitrogen and oxygen atoms in total. The van der Waals surface area contributed by atoms with Gasteiger partial charge in [0.1, 0.15) is 5.52 Å². The SMILES string of the molecule is Cn1nc2c(=O)n(CC3(O)CCN(C(=O)C[C@H](c4ccccc4)C(F)(F)F)CC3)cnc2c1C1=CCCCC1. The van der Waals surface area contributed by atoms with Crippen LogP contribution in [0.25, 0.3) is 16.6 Å². The van der Waals surface area contributed by atoms with Gasteiger partial charge in [-0.1, -0.05) is 36.4 Å². The Bertz CT molecular complexity index is 1440. The number of carbonyl (C=O) groups excluding carboxylic acids is 1. The third-order valence-electron chi connectivity index (χ3n) is 7.89. The summed E-state index contributed by atoms with van der Waals surface area (Å²) < 4.78 is 44.2. The number of allylic oxidation sites excluding steroid dienone is 2. The van der Waals surface area contributed by atoms with Crippen LogP contribution in [0.3, 0.4) is 0 Å². The molecule has 0 saturated carbocycles. The minimum atomic E-state index is -4.56. The van der Waals surface area contributed by atoms with Crippen molar-refractivity contribution in [2.24, 2.45) is 7.05 Å². The van der Waals surface area contributed by atoms with Gasteiger partial charge >= 0.3 is 6.18 Å². The number of rotatable bonds is 6. The third-order valence-corrected chi connectivity index (χ3v) is 7.89. The van der Waals surface area contributed by atoms with Gasteiger partial charge < -0.3 is 10.0 Å². The molecule has 39 heavy (non-hydrogen) atoms. The molecule has 208 valence electrons. The molecule has 0 bridgehead atoms. The van der Waals surface area contributed by atoms with Crippen molar-refractivity contribution in [1.82, 2.24) is 24.2 Å². The van der Waals surface area contributed by atoms with Crippen LogP contribution < -0.4 is 5.56 Å². The highest BCUT2D eigenvalue weighted by Crippen LogP contribution is 2.38. The number of halogens is 3. The van der Waals surface area contributed by atoms with Gasteiger partial charge in [-0.3, -0.25) is 18.8 Å². The third kappa shape index (κ3) is 5.63. The number of benzene rings is 1. The number of hydrogen-bond acceptors (Lipinski definition) is 5. The molecule has 3 aromatic rings. The summed E-state index contributed by atoms with van der Waals surface area (Å²) in [5.74, 6) is -2.50. The first-order valence-corrected chi connectivity index (χ1v) is 13.3. The molecule has 1 atom stereocenters. The number of fused-ring (bicyclic) bond motifs is 1. The average Bonchev–Trinajstić information content (AvgIpc) is 3.26. The maximum atomic E-state index is 13.7. The molecule has 1 aliphatic carbocycles. The van der Waals surface area contributed by atoms with Crippen molar-refractivity contribution in [2.75, 3.05) is 13.1 Å². The Hall–Kier alpha value is -3.47. The molecule has 1 amide bonds. The summed E-state index contributed by atoms with van der Waals surface area (Å²) in [6.07, 6.45) is 2.70. The Morgan fingerprint density at radius 1 is 1.13 bits per heavy atom. The molecule has 0 spiro atoms. The summed E-state index contributed by atoms with van der Waals surface area (Å²) >= 11 is 0. The summed E-state index contributed by atoms with van der Waals surface area (Å²) in [7, 11) is 1.79. The second-order valence-corrected chi connectivity index (χ2v) is 10.6. The molecule has 1 aliphatic heterocycles. The smallest absolute Gasteiger partial charge is 0.388 e. The van der Waals surface area contributed by atoms with Crippen molar-refractivity contribution in [3.8, 4) is 0 Å². The molecule has 1 fully saturated rings. The summed E-state index contributed by atoms with van der Waals surface area (Å²) in [6.45, 7) is 0.155. The van der Waals surface area contributed by atoms with Gasteiger partial charge in [-0.2, -0.15) is 18.3 Å². The Kier molecular flexibility index (Phi) is 7.37. The van der Waals surface area contributed by atoms with Crippen LogP contribution in [0.5, 0.6) is 0 Å². The monoisotopic (exact) mass is 543 g/mol. The number of alkyl halides is 3. The number of aromatic nitrogens is 4. The van der Waals surface area contributed by atoms with E-state index in [1.807, 2.05) is 0 Å².